The van der Waals surface area contributed by atoms with Gasteiger partial charge in [-0.15, -0.1) is 11.3 Å². The maximum Gasteiger partial charge on any atom is 0.270 e. The van der Waals surface area contributed by atoms with Crippen molar-refractivity contribution in [1.29, 1.82) is 0 Å². The summed E-state index contributed by atoms with van der Waals surface area (Å²) in [5, 5.41) is 5.07. The van der Waals surface area contributed by atoms with Crippen LogP contribution in [0.5, 0.6) is 5.75 Å². The Morgan fingerprint density at radius 1 is 1.19 bits per heavy atom. The summed E-state index contributed by atoms with van der Waals surface area (Å²) >= 11 is 1.55. The van der Waals surface area contributed by atoms with Crippen molar-refractivity contribution in [2.75, 3.05) is 6.61 Å². The quantitative estimate of drug-likeness (QED) is 0.721. The van der Waals surface area contributed by atoms with Gasteiger partial charge in [-0.1, -0.05) is 18.0 Å². The lowest BCUT2D eigenvalue weighted by atomic mass is 9.99. The average molecular weight is 370 g/mol. The Hall–Kier alpha value is -2.25. The molecule has 0 unspecified atom stereocenters. The molecule has 1 aliphatic carbocycles. The third-order valence-electron chi connectivity index (χ3n) is 4.77. The Balaban J connectivity index is 1.61. The van der Waals surface area contributed by atoms with Gasteiger partial charge < -0.3 is 15.0 Å². The van der Waals surface area contributed by atoms with E-state index in [9.17, 15) is 0 Å². The summed E-state index contributed by atoms with van der Waals surface area (Å²) in [4.78, 5) is 10.2. The van der Waals surface area contributed by atoms with E-state index >= 15 is 0 Å². The molecule has 0 aliphatic heterocycles. The Labute approximate surface area is 156 Å². The molecule has 6 nitrogen and oxygen atoms in total. The number of aromatic nitrogens is 3. The molecule has 26 heavy (non-hydrogen) atoms. The molecule has 0 radical (unpaired) electrons. The van der Waals surface area contributed by atoms with Crippen molar-refractivity contribution in [3.8, 4) is 27.1 Å². The Morgan fingerprint density at radius 2 is 1.92 bits per heavy atom. The van der Waals surface area contributed by atoms with Crippen LogP contribution in [0.3, 0.4) is 0 Å². The van der Waals surface area contributed by atoms with Gasteiger partial charge in [-0.2, -0.15) is 4.98 Å². The number of hydrogen-bond donors (Lipinski definition) is 1. The fraction of sp³-hybridized carbons (Fsp3) is 0.421. The molecule has 7 heteroatoms. The third kappa shape index (κ3) is 3.12. The van der Waals surface area contributed by atoms with E-state index in [1.807, 2.05) is 38.1 Å². The van der Waals surface area contributed by atoms with Crippen molar-refractivity contribution in [2.45, 2.75) is 45.1 Å². The van der Waals surface area contributed by atoms with Crippen LogP contribution in [0, 0.1) is 6.92 Å². The lowest BCUT2D eigenvalue weighted by Gasteiger charge is -2.17. The van der Waals surface area contributed by atoms with Crippen molar-refractivity contribution < 1.29 is 9.26 Å². The predicted octanol–water partition coefficient (Wildman–Crippen LogP) is 4.30. The first kappa shape index (κ1) is 17.2. The normalized spacial score (nSPS) is 16.1. The second-order valence-electron chi connectivity index (χ2n) is 6.68. The minimum absolute atomic E-state index is 0.446. The fourth-order valence-corrected chi connectivity index (χ4v) is 4.32. The maximum atomic E-state index is 6.44. The monoisotopic (exact) mass is 370 g/mol. The van der Waals surface area contributed by atoms with Crippen LogP contribution in [-0.4, -0.2) is 21.7 Å². The zero-order valence-electron chi connectivity index (χ0n) is 15.0. The molecule has 2 aromatic heterocycles. The SMILES string of the molecule is CCOc1ccc(-c2nc(C)c(-c3nc(C4(N)CCCC4)no3)s2)cc1. The van der Waals surface area contributed by atoms with Gasteiger partial charge in [0.1, 0.15) is 15.6 Å². The van der Waals surface area contributed by atoms with E-state index in [0.717, 1.165) is 52.6 Å². The highest BCUT2D eigenvalue weighted by Gasteiger charge is 2.36. The predicted molar refractivity (Wildman–Crippen MR) is 101 cm³/mol. The lowest BCUT2D eigenvalue weighted by molar-refractivity contribution is 0.340. The van der Waals surface area contributed by atoms with Crippen LogP contribution in [0.4, 0.5) is 0 Å². The van der Waals surface area contributed by atoms with Gasteiger partial charge in [0.05, 0.1) is 17.8 Å². The second-order valence-corrected chi connectivity index (χ2v) is 7.68. The fourth-order valence-electron chi connectivity index (χ4n) is 3.33. The van der Waals surface area contributed by atoms with Crippen LogP contribution in [0.1, 0.15) is 44.1 Å². The first-order valence-corrected chi connectivity index (χ1v) is 9.75. The number of thiazole rings is 1. The molecule has 0 bridgehead atoms. The molecular weight excluding hydrogens is 348 g/mol. The minimum atomic E-state index is -0.446. The van der Waals surface area contributed by atoms with Crippen LogP contribution in [-0.2, 0) is 5.54 Å². The van der Waals surface area contributed by atoms with Gasteiger partial charge in [-0.25, -0.2) is 4.98 Å². The smallest absolute Gasteiger partial charge is 0.270 e. The van der Waals surface area contributed by atoms with Gasteiger partial charge >= 0.3 is 0 Å². The zero-order chi connectivity index (χ0) is 18.1. The molecule has 0 spiro atoms. The molecular formula is C19H22N4O2S. The highest BCUT2D eigenvalue weighted by atomic mass is 32.1. The summed E-state index contributed by atoms with van der Waals surface area (Å²) in [6, 6.07) is 7.94. The van der Waals surface area contributed by atoms with Crippen LogP contribution in [0.2, 0.25) is 0 Å². The van der Waals surface area contributed by atoms with E-state index in [1.165, 1.54) is 0 Å². The number of nitrogens with two attached hydrogens (primary N) is 1. The Morgan fingerprint density at radius 3 is 2.62 bits per heavy atom. The molecule has 0 saturated heterocycles. The van der Waals surface area contributed by atoms with Gasteiger partial charge in [0.2, 0.25) is 0 Å². The number of nitrogens with zero attached hydrogens (tertiary/aromatic N) is 3. The second kappa shape index (κ2) is 6.81. The summed E-state index contributed by atoms with van der Waals surface area (Å²) < 4.78 is 11.0. The molecule has 1 aliphatic rings. The van der Waals surface area contributed by atoms with Gasteiger partial charge in [0, 0.05) is 5.56 Å². The van der Waals surface area contributed by atoms with Gasteiger partial charge in [0.25, 0.3) is 5.89 Å². The van der Waals surface area contributed by atoms with Gasteiger partial charge in [-0.05, 0) is 51.0 Å². The van der Waals surface area contributed by atoms with Crippen LogP contribution in [0.15, 0.2) is 28.8 Å². The lowest BCUT2D eigenvalue weighted by Crippen LogP contribution is -2.34. The molecule has 1 aromatic carbocycles. The first-order valence-electron chi connectivity index (χ1n) is 8.93. The third-order valence-corrected chi connectivity index (χ3v) is 5.96. The molecule has 2 N–H and O–H groups in total. The van der Waals surface area contributed by atoms with Crippen molar-refractivity contribution in [2.24, 2.45) is 5.73 Å². The first-order chi connectivity index (χ1) is 12.6. The number of benzene rings is 1. The minimum Gasteiger partial charge on any atom is -0.494 e. The molecule has 1 saturated carbocycles. The summed E-state index contributed by atoms with van der Waals surface area (Å²) in [5.74, 6) is 1.97. The van der Waals surface area contributed by atoms with E-state index in [0.29, 0.717) is 18.3 Å². The largest absolute Gasteiger partial charge is 0.494 e. The zero-order valence-corrected chi connectivity index (χ0v) is 15.8. The summed E-state index contributed by atoms with van der Waals surface area (Å²) in [7, 11) is 0. The summed E-state index contributed by atoms with van der Waals surface area (Å²) in [6.07, 6.45) is 4.04. The topological polar surface area (TPSA) is 87.1 Å². The van der Waals surface area contributed by atoms with Crippen LogP contribution < -0.4 is 10.5 Å². The highest BCUT2D eigenvalue weighted by Crippen LogP contribution is 2.38. The van der Waals surface area contributed by atoms with Crippen molar-refractivity contribution in [3.05, 3.63) is 35.8 Å². The van der Waals surface area contributed by atoms with E-state index in [4.69, 9.17) is 15.0 Å². The number of ether oxygens (including phenoxy) is 1. The molecule has 3 aromatic rings. The number of hydrogen-bond acceptors (Lipinski definition) is 7. The van der Waals surface area contributed by atoms with Gasteiger partial charge in [0.15, 0.2) is 5.82 Å². The number of rotatable bonds is 5. The molecule has 1 fully saturated rings. The molecule has 0 atom stereocenters. The van der Waals surface area contributed by atoms with Crippen molar-refractivity contribution >= 4 is 11.3 Å². The van der Waals surface area contributed by atoms with Crippen molar-refractivity contribution in [3.63, 3.8) is 0 Å². The maximum absolute atomic E-state index is 6.44. The van der Waals surface area contributed by atoms with Crippen LogP contribution in [0.25, 0.3) is 21.3 Å². The average Bonchev–Trinajstić information content (AvgIpc) is 3.36. The molecule has 2 heterocycles. The standard InChI is InChI=1S/C19H22N4O2S/c1-3-24-14-8-6-13(7-9-14)17-21-12(2)15(26-17)16-22-18(23-25-16)19(20)10-4-5-11-19/h6-9H,3-5,10-11,20H2,1-2H3. The Bertz CT molecular complexity index is 895. The Kier molecular flexibility index (Phi) is 4.50. The van der Waals surface area contributed by atoms with E-state index < -0.39 is 5.54 Å². The van der Waals surface area contributed by atoms with Crippen LogP contribution >= 0.6 is 11.3 Å². The summed E-state index contributed by atoms with van der Waals surface area (Å²) in [6.45, 7) is 4.59. The van der Waals surface area contributed by atoms with E-state index in [2.05, 4.69) is 15.1 Å². The molecule has 136 valence electrons. The van der Waals surface area contributed by atoms with E-state index in [1.54, 1.807) is 11.3 Å². The molecule has 0 amide bonds. The molecule has 4 rings (SSSR count). The van der Waals surface area contributed by atoms with E-state index in [-0.39, 0.29) is 0 Å². The van der Waals surface area contributed by atoms with Gasteiger partial charge in [-0.3, -0.25) is 0 Å². The summed E-state index contributed by atoms with van der Waals surface area (Å²) in [5.41, 5.74) is 7.91. The highest BCUT2D eigenvalue weighted by molar-refractivity contribution is 7.18. The number of aryl methyl sites for hydroxylation is 1. The van der Waals surface area contributed by atoms with Crippen molar-refractivity contribution in [1.82, 2.24) is 15.1 Å².